The Morgan fingerprint density at radius 3 is 1.14 bits per heavy atom. The van der Waals surface area contributed by atoms with E-state index in [9.17, 15) is 0 Å². The Morgan fingerprint density at radius 2 is 0.609 bits per heavy atom. The molecule has 0 amide bonds. The molecule has 0 spiro atoms. The molecule has 0 aliphatic rings. The molecule has 2 heterocycles. The van der Waals surface area contributed by atoms with Crippen LogP contribution < -0.4 is 38.2 Å². The first kappa shape index (κ1) is 42.6. The lowest BCUT2D eigenvalue weighted by Crippen LogP contribution is -2.48. The molecule has 0 bridgehead atoms. The van der Waals surface area contributed by atoms with Crippen LogP contribution in [0.25, 0.3) is 111 Å². The van der Waals surface area contributed by atoms with Crippen molar-refractivity contribution >= 4 is 137 Å². The largest absolute Gasteiger partial charge is 0.310 e. The van der Waals surface area contributed by atoms with Gasteiger partial charge in [0, 0.05) is 38.6 Å². The Balaban J connectivity index is 1.06. The molecule has 0 aliphatic carbocycles. The maximum absolute atomic E-state index is 2.58. The fraction of sp³-hybridized carbons (Fsp3) is 0. The summed E-state index contributed by atoms with van der Waals surface area (Å²) >= 11 is 0. The van der Waals surface area contributed by atoms with E-state index < -0.39 is 0 Å². The molecular formula is C60H47B7N2. The van der Waals surface area contributed by atoms with Crippen molar-refractivity contribution in [3.8, 4) is 67.0 Å². The number of benzene rings is 10. The molecule has 12 aromatic rings. The van der Waals surface area contributed by atoms with E-state index in [4.69, 9.17) is 0 Å². The Morgan fingerprint density at radius 1 is 0.246 bits per heavy atom. The van der Waals surface area contributed by atoms with Gasteiger partial charge in [0.25, 0.3) is 0 Å². The smallest absolute Gasteiger partial charge is 0.141 e. The Bertz CT molecular complexity index is 3990. The molecule has 0 fully saturated rings. The van der Waals surface area contributed by atoms with Crippen molar-refractivity contribution in [1.29, 1.82) is 0 Å². The van der Waals surface area contributed by atoms with Gasteiger partial charge in [0.2, 0.25) is 0 Å². The molecule has 69 heavy (non-hydrogen) atoms. The first-order valence-corrected chi connectivity index (χ1v) is 24.3. The first-order chi connectivity index (χ1) is 33.7. The van der Waals surface area contributed by atoms with Crippen LogP contribution >= 0.6 is 0 Å². The lowest BCUT2D eigenvalue weighted by molar-refractivity contribution is 1.18. The fourth-order valence-electron chi connectivity index (χ4n) is 11.4. The minimum atomic E-state index is 1.15. The molecule has 10 aromatic carbocycles. The topological polar surface area (TPSA) is 9.86 Å². The second-order valence-corrected chi connectivity index (χ2v) is 19.1. The number of nitrogens with zero attached hydrogens (tertiary/aromatic N) is 2. The average molecular weight is 872 g/mol. The Kier molecular flexibility index (Phi) is 10.4. The zero-order chi connectivity index (χ0) is 47.1. The van der Waals surface area contributed by atoms with Gasteiger partial charge in [-0.2, -0.15) is 0 Å². The summed E-state index contributed by atoms with van der Waals surface area (Å²) in [5, 5.41) is 5.20. The molecule has 12 rings (SSSR count). The van der Waals surface area contributed by atoms with Crippen LogP contribution in [-0.4, -0.2) is 64.1 Å². The van der Waals surface area contributed by atoms with Gasteiger partial charge in [0.1, 0.15) is 54.9 Å². The molecule has 0 aliphatic heterocycles. The molecule has 9 heteroatoms. The minimum absolute atomic E-state index is 1.15. The van der Waals surface area contributed by atoms with E-state index in [0.717, 1.165) is 5.69 Å². The molecule has 0 N–H and O–H groups in total. The quantitative estimate of drug-likeness (QED) is 0.215. The van der Waals surface area contributed by atoms with Gasteiger partial charge in [0.05, 0.1) is 11.0 Å². The van der Waals surface area contributed by atoms with Crippen molar-refractivity contribution in [3.05, 3.63) is 200 Å². The number of hydrogen-bond donors (Lipinski definition) is 0. The fourth-order valence-corrected chi connectivity index (χ4v) is 11.4. The van der Waals surface area contributed by atoms with Crippen molar-refractivity contribution in [1.82, 2.24) is 9.13 Å². The molecular weight excluding hydrogens is 824 g/mol. The number of rotatable bonds is 7. The van der Waals surface area contributed by atoms with Gasteiger partial charge in [0.15, 0.2) is 0 Å². The summed E-state index contributed by atoms with van der Waals surface area (Å²) in [4.78, 5) is 0. The molecule has 0 saturated carbocycles. The van der Waals surface area contributed by atoms with Crippen molar-refractivity contribution in [2.24, 2.45) is 0 Å². The second kappa shape index (κ2) is 16.8. The third kappa shape index (κ3) is 6.89. The lowest BCUT2D eigenvalue weighted by atomic mass is 9.64. The number of aromatic nitrogens is 2. The van der Waals surface area contributed by atoms with E-state index >= 15 is 0 Å². The predicted molar refractivity (Wildman–Crippen MR) is 320 cm³/mol. The van der Waals surface area contributed by atoms with Crippen LogP contribution in [0.1, 0.15) is 0 Å². The zero-order valence-corrected chi connectivity index (χ0v) is 40.4. The highest BCUT2D eigenvalue weighted by atomic mass is 15.0. The van der Waals surface area contributed by atoms with E-state index in [1.54, 1.807) is 0 Å². The minimum Gasteiger partial charge on any atom is -0.310 e. The maximum atomic E-state index is 2.58. The van der Waals surface area contributed by atoms with Crippen molar-refractivity contribution in [2.45, 2.75) is 0 Å². The van der Waals surface area contributed by atoms with Crippen LogP contribution in [0.4, 0.5) is 0 Å². The monoisotopic (exact) mass is 872 g/mol. The highest BCUT2D eigenvalue weighted by molar-refractivity contribution is 6.69. The van der Waals surface area contributed by atoms with Crippen LogP contribution in [0.2, 0.25) is 0 Å². The second-order valence-electron chi connectivity index (χ2n) is 19.1. The highest BCUT2D eigenvalue weighted by Crippen LogP contribution is 2.38. The van der Waals surface area contributed by atoms with Gasteiger partial charge in [-0.15, -0.1) is 5.46 Å². The lowest BCUT2D eigenvalue weighted by Gasteiger charge is -2.19. The average Bonchev–Trinajstić information content (AvgIpc) is 3.94. The summed E-state index contributed by atoms with van der Waals surface area (Å²) in [6, 6.07) is 73.5. The summed E-state index contributed by atoms with van der Waals surface area (Å²) in [7, 11) is 16.3. The summed E-state index contributed by atoms with van der Waals surface area (Å²) < 4.78 is 5.02. The van der Waals surface area contributed by atoms with Gasteiger partial charge in [-0.1, -0.05) is 178 Å². The maximum Gasteiger partial charge on any atom is 0.141 e. The van der Waals surface area contributed by atoms with E-state index in [1.807, 2.05) is 0 Å². The summed E-state index contributed by atoms with van der Waals surface area (Å²) in [5.74, 6) is 0. The standard InChI is InChI=1S/C60H47B7N2/c61-52-49(42-24-30-48-46(33-42)45-32-41(36-15-8-3-9-16-36)23-29-47(45)68(48)43-25-19-37(20-26-43)34-11-4-1-5-12-34)53(62)57(66)59-50(52)51-54(63)55(64)56(65)58(67)60(51)69(59)44-27-21-38(22-28-44)40-18-10-17-39(31-40)35-13-6-2-7-14-35/h1-33H,61-67H2. The number of fused-ring (bicyclic) bond motifs is 6. The van der Waals surface area contributed by atoms with Gasteiger partial charge in [-0.25, -0.2) is 0 Å². The van der Waals surface area contributed by atoms with E-state index in [0.29, 0.717) is 0 Å². The summed E-state index contributed by atoms with van der Waals surface area (Å²) in [5.41, 5.74) is 29.0. The molecule has 2 aromatic heterocycles. The molecule has 0 radical (unpaired) electrons. The zero-order valence-electron chi connectivity index (χ0n) is 40.4. The summed E-state index contributed by atoms with van der Waals surface area (Å²) in [6.07, 6.45) is 0. The van der Waals surface area contributed by atoms with E-state index in [1.165, 1.54) is 143 Å². The molecule has 0 atom stereocenters. The van der Waals surface area contributed by atoms with Crippen LogP contribution in [0.15, 0.2) is 200 Å². The summed E-state index contributed by atoms with van der Waals surface area (Å²) in [6.45, 7) is 0. The van der Waals surface area contributed by atoms with Gasteiger partial charge < -0.3 is 9.13 Å². The Hall–Kier alpha value is -7.75. The van der Waals surface area contributed by atoms with Crippen LogP contribution in [-0.2, 0) is 0 Å². The van der Waals surface area contributed by atoms with Gasteiger partial charge in [-0.05, 0) is 116 Å². The van der Waals surface area contributed by atoms with Crippen molar-refractivity contribution in [3.63, 3.8) is 0 Å². The molecule has 0 unspecified atom stereocenters. The number of hydrogen-bond acceptors (Lipinski definition) is 0. The first-order valence-electron chi connectivity index (χ1n) is 24.3. The Labute approximate surface area is 410 Å². The predicted octanol–water partition coefficient (Wildman–Crippen LogP) is 4.02. The van der Waals surface area contributed by atoms with Crippen molar-refractivity contribution < 1.29 is 0 Å². The van der Waals surface area contributed by atoms with Crippen molar-refractivity contribution in [2.75, 3.05) is 0 Å². The normalized spacial score (nSPS) is 11.6. The molecule has 318 valence electrons. The highest BCUT2D eigenvalue weighted by Gasteiger charge is 2.25. The molecule has 2 nitrogen and oxygen atoms in total. The SMILES string of the molecule is Bc1c(B)c(B)c2c(c1B)c1c(B)c(-c3ccc4c(c3)c3cc(-c5ccccc5)ccc3n4-c3ccc(-c4ccccc4)cc3)c(B)c(B)c1n2-c1ccc(-c2cccc(-c3ccccc3)c2)cc1. The third-order valence-corrected chi connectivity index (χ3v) is 15.5. The van der Waals surface area contributed by atoms with Gasteiger partial charge >= 0.3 is 0 Å². The van der Waals surface area contributed by atoms with Gasteiger partial charge in [-0.3, -0.25) is 0 Å². The van der Waals surface area contributed by atoms with Crippen LogP contribution in [0, 0.1) is 0 Å². The third-order valence-electron chi connectivity index (χ3n) is 15.5. The van der Waals surface area contributed by atoms with Crippen LogP contribution in [0.5, 0.6) is 0 Å². The van der Waals surface area contributed by atoms with E-state index in [2.05, 4.69) is 264 Å². The van der Waals surface area contributed by atoms with E-state index in [-0.39, 0.29) is 0 Å². The van der Waals surface area contributed by atoms with Crippen LogP contribution in [0.3, 0.4) is 0 Å². The molecule has 0 saturated heterocycles.